The summed E-state index contributed by atoms with van der Waals surface area (Å²) in [5, 5.41) is 3.22. The minimum absolute atomic E-state index is 0.326. The third kappa shape index (κ3) is 4.74. The highest BCUT2D eigenvalue weighted by atomic mass is 35.5. The van der Waals surface area contributed by atoms with Crippen LogP contribution in [0.15, 0.2) is 36.4 Å². The molecule has 5 nitrogen and oxygen atoms in total. The lowest BCUT2D eigenvalue weighted by molar-refractivity contribution is -0.114. The lowest BCUT2D eigenvalue weighted by Gasteiger charge is -2.24. The van der Waals surface area contributed by atoms with E-state index in [9.17, 15) is 13.2 Å². The van der Waals surface area contributed by atoms with Crippen molar-refractivity contribution in [3.8, 4) is 0 Å². The molecule has 2 aromatic rings. The Morgan fingerprint density at radius 2 is 1.84 bits per heavy atom. The Hall–Kier alpha value is -2.05. The molecule has 1 N–H and O–H groups in total. The van der Waals surface area contributed by atoms with Crippen LogP contribution in [0.5, 0.6) is 0 Å². The molecular weight excluding hydrogens is 360 g/mol. The van der Waals surface area contributed by atoms with Crippen LogP contribution in [0.2, 0.25) is 5.02 Å². The van der Waals surface area contributed by atoms with Crippen molar-refractivity contribution in [1.29, 1.82) is 0 Å². The summed E-state index contributed by atoms with van der Waals surface area (Å²) in [4.78, 5) is 12.5. The van der Waals surface area contributed by atoms with Crippen LogP contribution in [-0.4, -0.2) is 27.1 Å². The first-order valence-corrected chi connectivity index (χ1v) is 9.92. The van der Waals surface area contributed by atoms with E-state index >= 15 is 0 Å². The van der Waals surface area contributed by atoms with Crippen LogP contribution in [0.25, 0.3) is 0 Å². The Morgan fingerprint density at radius 1 is 1.16 bits per heavy atom. The zero-order chi connectivity index (χ0) is 18.8. The number of carbonyl (C=O) groups is 1. The molecule has 0 fully saturated rings. The summed E-state index contributed by atoms with van der Waals surface area (Å²) in [6.07, 6.45) is 1.07. The first-order chi connectivity index (χ1) is 11.6. The molecule has 0 aromatic heterocycles. The van der Waals surface area contributed by atoms with E-state index in [-0.39, 0.29) is 6.54 Å². The molecular formula is C18H21ClN2O3S. The number of amides is 1. The predicted octanol–water partition coefficient (Wildman–Crippen LogP) is 3.67. The van der Waals surface area contributed by atoms with Gasteiger partial charge < -0.3 is 5.32 Å². The number of hydrogen-bond donors (Lipinski definition) is 1. The molecule has 0 aliphatic carbocycles. The van der Waals surface area contributed by atoms with E-state index in [0.29, 0.717) is 22.0 Å². The molecule has 2 aromatic carbocycles. The molecule has 0 aliphatic rings. The van der Waals surface area contributed by atoms with Crippen molar-refractivity contribution >= 4 is 38.9 Å². The lowest BCUT2D eigenvalue weighted by atomic mass is 10.1. The quantitative estimate of drug-likeness (QED) is 0.860. The van der Waals surface area contributed by atoms with Gasteiger partial charge in [0.15, 0.2) is 0 Å². The third-order valence-electron chi connectivity index (χ3n) is 3.86. The van der Waals surface area contributed by atoms with Crippen LogP contribution in [0.3, 0.4) is 0 Å². The number of sulfonamides is 1. The number of carbonyl (C=O) groups excluding carboxylic acids is 1. The number of nitrogens with one attached hydrogen (secondary N) is 1. The second-order valence-electron chi connectivity index (χ2n) is 6.02. The maximum absolute atomic E-state index is 12.5. The molecule has 25 heavy (non-hydrogen) atoms. The van der Waals surface area contributed by atoms with Gasteiger partial charge in [-0.2, -0.15) is 0 Å². The van der Waals surface area contributed by atoms with Gasteiger partial charge in [0, 0.05) is 10.7 Å². The van der Waals surface area contributed by atoms with Gasteiger partial charge in [0.1, 0.15) is 6.54 Å². The van der Waals surface area contributed by atoms with Crippen molar-refractivity contribution in [2.45, 2.75) is 20.8 Å². The maximum Gasteiger partial charge on any atom is 0.245 e. The zero-order valence-corrected chi connectivity index (χ0v) is 16.2. The van der Waals surface area contributed by atoms with Crippen molar-refractivity contribution in [3.05, 3.63) is 58.1 Å². The fourth-order valence-corrected chi connectivity index (χ4v) is 3.51. The van der Waals surface area contributed by atoms with Gasteiger partial charge in [-0.3, -0.25) is 9.10 Å². The molecule has 7 heteroatoms. The van der Waals surface area contributed by atoms with Gasteiger partial charge in [0.25, 0.3) is 0 Å². The maximum atomic E-state index is 12.5. The summed E-state index contributed by atoms with van der Waals surface area (Å²) in [7, 11) is -3.65. The van der Waals surface area contributed by atoms with Crippen LogP contribution in [0.1, 0.15) is 16.7 Å². The highest BCUT2D eigenvalue weighted by Crippen LogP contribution is 2.28. The second-order valence-corrected chi connectivity index (χ2v) is 8.33. The summed E-state index contributed by atoms with van der Waals surface area (Å²) in [5.74, 6) is -0.418. The van der Waals surface area contributed by atoms with Crippen LogP contribution in [0.4, 0.5) is 11.4 Å². The van der Waals surface area contributed by atoms with Gasteiger partial charge in [0.05, 0.1) is 11.9 Å². The third-order valence-corrected chi connectivity index (χ3v) is 5.40. The number of hydrogen-bond acceptors (Lipinski definition) is 3. The normalized spacial score (nSPS) is 11.2. The Bertz CT molecular complexity index is 911. The van der Waals surface area contributed by atoms with Crippen LogP contribution < -0.4 is 9.62 Å². The first-order valence-electron chi connectivity index (χ1n) is 7.69. The summed E-state index contributed by atoms with van der Waals surface area (Å²) in [5.41, 5.74) is 3.58. The average molecular weight is 381 g/mol. The molecule has 0 saturated heterocycles. The number of anilines is 2. The van der Waals surface area contributed by atoms with Crippen molar-refractivity contribution in [2.75, 3.05) is 22.4 Å². The summed E-state index contributed by atoms with van der Waals surface area (Å²) < 4.78 is 25.5. The van der Waals surface area contributed by atoms with Crippen molar-refractivity contribution in [3.63, 3.8) is 0 Å². The van der Waals surface area contributed by atoms with E-state index in [1.165, 1.54) is 0 Å². The zero-order valence-electron chi connectivity index (χ0n) is 14.6. The lowest BCUT2D eigenvalue weighted by Crippen LogP contribution is -2.38. The number of aryl methyl sites for hydroxylation is 2. The molecule has 0 spiro atoms. The number of halogens is 1. The average Bonchev–Trinajstić information content (AvgIpc) is 2.51. The minimum atomic E-state index is -3.65. The predicted molar refractivity (Wildman–Crippen MR) is 103 cm³/mol. The van der Waals surface area contributed by atoms with Gasteiger partial charge in [0.2, 0.25) is 15.9 Å². The highest BCUT2D eigenvalue weighted by molar-refractivity contribution is 7.92. The smallest absolute Gasteiger partial charge is 0.245 e. The van der Waals surface area contributed by atoms with E-state index < -0.39 is 15.9 Å². The van der Waals surface area contributed by atoms with E-state index in [0.717, 1.165) is 21.7 Å². The number of nitrogens with zero attached hydrogens (tertiary/aromatic N) is 1. The molecule has 0 atom stereocenters. The van der Waals surface area contributed by atoms with Gasteiger partial charge in [-0.15, -0.1) is 0 Å². The molecule has 0 bridgehead atoms. The summed E-state index contributed by atoms with van der Waals surface area (Å²) >= 11 is 6.09. The van der Waals surface area contributed by atoms with Gasteiger partial charge in [-0.25, -0.2) is 8.42 Å². The molecule has 0 saturated carbocycles. The standard InChI is InChI=1S/C18H21ClN2O3S/c1-12-8-9-13(2)16(10-12)20-18(22)11-21(25(4,23)24)17-7-5-6-15(19)14(17)3/h5-10H,11H2,1-4H3,(H,20,22). The largest absolute Gasteiger partial charge is 0.324 e. The van der Waals surface area contributed by atoms with E-state index in [4.69, 9.17) is 11.6 Å². The second kappa shape index (κ2) is 7.45. The van der Waals surface area contributed by atoms with E-state index in [1.54, 1.807) is 25.1 Å². The Kier molecular flexibility index (Phi) is 5.75. The Labute approximate surface area is 153 Å². The van der Waals surface area contributed by atoms with Crippen LogP contribution in [-0.2, 0) is 14.8 Å². The van der Waals surface area contributed by atoms with Crippen LogP contribution >= 0.6 is 11.6 Å². The van der Waals surface area contributed by atoms with Crippen molar-refractivity contribution < 1.29 is 13.2 Å². The van der Waals surface area contributed by atoms with Crippen molar-refractivity contribution in [1.82, 2.24) is 0 Å². The topological polar surface area (TPSA) is 66.5 Å². The fraction of sp³-hybridized carbons (Fsp3) is 0.278. The summed E-state index contributed by atoms with van der Waals surface area (Å²) in [6.45, 7) is 5.20. The molecule has 134 valence electrons. The molecule has 0 heterocycles. The monoisotopic (exact) mass is 380 g/mol. The van der Waals surface area contributed by atoms with Gasteiger partial charge in [-0.1, -0.05) is 29.8 Å². The Balaban J connectivity index is 2.30. The van der Waals surface area contributed by atoms with Gasteiger partial charge in [-0.05, 0) is 55.7 Å². The molecule has 1 amide bonds. The molecule has 2 rings (SSSR count). The highest BCUT2D eigenvalue weighted by Gasteiger charge is 2.23. The molecule has 0 unspecified atom stereocenters. The van der Waals surface area contributed by atoms with E-state index in [2.05, 4.69) is 5.32 Å². The molecule has 0 radical (unpaired) electrons. The van der Waals surface area contributed by atoms with Crippen LogP contribution in [0, 0.1) is 20.8 Å². The van der Waals surface area contributed by atoms with E-state index in [1.807, 2.05) is 32.0 Å². The first kappa shape index (κ1) is 19.3. The SMILES string of the molecule is Cc1ccc(C)c(NC(=O)CN(c2cccc(Cl)c2C)S(C)(=O)=O)c1. The fourth-order valence-electron chi connectivity index (χ4n) is 2.44. The summed E-state index contributed by atoms with van der Waals surface area (Å²) in [6, 6.07) is 10.7. The van der Waals surface area contributed by atoms with Crippen molar-refractivity contribution in [2.24, 2.45) is 0 Å². The number of rotatable bonds is 5. The van der Waals surface area contributed by atoms with Gasteiger partial charge >= 0.3 is 0 Å². The molecule has 0 aliphatic heterocycles. The minimum Gasteiger partial charge on any atom is -0.324 e. The number of benzene rings is 2. The Morgan fingerprint density at radius 3 is 2.48 bits per heavy atom.